The summed E-state index contributed by atoms with van der Waals surface area (Å²) < 4.78 is 5.24. The van der Waals surface area contributed by atoms with Crippen molar-refractivity contribution in [1.29, 1.82) is 0 Å². The second kappa shape index (κ2) is 5.87. The molecule has 2 heterocycles. The van der Waals surface area contributed by atoms with Crippen molar-refractivity contribution in [1.82, 2.24) is 15.2 Å². The molecule has 2 amide bonds. The van der Waals surface area contributed by atoms with Crippen molar-refractivity contribution >= 4 is 12.0 Å². The SMILES string of the molecule is CC1(OCC(=O)O)CN(C(=O)NCc2ccccn2)C1. The Morgan fingerprint density at radius 3 is 2.85 bits per heavy atom. The van der Waals surface area contributed by atoms with Crippen LogP contribution in [0.5, 0.6) is 0 Å². The summed E-state index contributed by atoms with van der Waals surface area (Å²) in [5.41, 5.74) is 0.215. The molecule has 20 heavy (non-hydrogen) atoms. The zero-order chi connectivity index (χ0) is 14.6. The molecule has 7 heteroatoms. The Labute approximate surface area is 116 Å². The van der Waals surface area contributed by atoms with Crippen LogP contribution in [0, 0.1) is 0 Å². The monoisotopic (exact) mass is 279 g/mol. The number of carboxylic acids is 1. The number of aliphatic carboxylic acids is 1. The maximum absolute atomic E-state index is 11.8. The van der Waals surface area contributed by atoms with Gasteiger partial charge < -0.3 is 20.1 Å². The highest BCUT2D eigenvalue weighted by Crippen LogP contribution is 2.24. The Balaban J connectivity index is 1.72. The van der Waals surface area contributed by atoms with E-state index in [0.29, 0.717) is 19.6 Å². The van der Waals surface area contributed by atoms with Gasteiger partial charge >= 0.3 is 12.0 Å². The van der Waals surface area contributed by atoms with E-state index in [9.17, 15) is 9.59 Å². The first kappa shape index (κ1) is 14.3. The zero-order valence-corrected chi connectivity index (χ0v) is 11.2. The van der Waals surface area contributed by atoms with Gasteiger partial charge in [-0.2, -0.15) is 0 Å². The minimum Gasteiger partial charge on any atom is -0.480 e. The van der Waals surface area contributed by atoms with Gasteiger partial charge in [0.15, 0.2) is 0 Å². The molecule has 0 spiro atoms. The summed E-state index contributed by atoms with van der Waals surface area (Å²) in [6, 6.07) is 5.30. The van der Waals surface area contributed by atoms with Gasteiger partial charge in [-0.3, -0.25) is 4.98 Å². The van der Waals surface area contributed by atoms with Crippen molar-refractivity contribution in [3.8, 4) is 0 Å². The molecule has 1 saturated heterocycles. The highest BCUT2D eigenvalue weighted by atomic mass is 16.5. The number of carbonyl (C=O) groups excluding carboxylic acids is 1. The van der Waals surface area contributed by atoms with Crippen LogP contribution in [0.15, 0.2) is 24.4 Å². The molecule has 1 aliphatic rings. The van der Waals surface area contributed by atoms with Crippen LogP contribution in [0.3, 0.4) is 0 Å². The second-order valence-corrected chi connectivity index (χ2v) is 4.97. The quantitative estimate of drug-likeness (QED) is 0.817. The molecule has 2 N–H and O–H groups in total. The van der Waals surface area contributed by atoms with Gasteiger partial charge in [0.05, 0.1) is 25.3 Å². The van der Waals surface area contributed by atoms with Crippen molar-refractivity contribution in [3.05, 3.63) is 30.1 Å². The highest BCUT2D eigenvalue weighted by Gasteiger charge is 2.42. The number of ether oxygens (including phenoxy) is 1. The number of hydrogen-bond donors (Lipinski definition) is 2. The van der Waals surface area contributed by atoms with Gasteiger partial charge in [-0.25, -0.2) is 9.59 Å². The van der Waals surface area contributed by atoms with E-state index in [1.165, 1.54) is 0 Å². The third-order valence-electron chi connectivity index (χ3n) is 3.03. The Morgan fingerprint density at radius 2 is 2.25 bits per heavy atom. The summed E-state index contributed by atoms with van der Waals surface area (Å²) in [7, 11) is 0. The summed E-state index contributed by atoms with van der Waals surface area (Å²) >= 11 is 0. The van der Waals surface area contributed by atoms with Gasteiger partial charge in [-0.15, -0.1) is 0 Å². The second-order valence-electron chi connectivity index (χ2n) is 4.97. The van der Waals surface area contributed by atoms with Gasteiger partial charge in [0.2, 0.25) is 0 Å². The zero-order valence-electron chi connectivity index (χ0n) is 11.2. The molecular weight excluding hydrogens is 262 g/mol. The Morgan fingerprint density at radius 1 is 1.50 bits per heavy atom. The largest absolute Gasteiger partial charge is 0.480 e. The number of urea groups is 1. The molecule has 0 aliphatic carbocycles. The Kier molecular flexibility index (Phi) is 4.19. The molecule has 0 unspecified atom stereocenters. The molecule has 2 rings (SSSR count). The van der Waals surface area contributed by atoms with Crippen LogP contribution in [-0.2, 0) is 16.1 Å². The normalized spacial score (nSPS) is 16.4. The number of carbonyl (C=O) groups is 2. The topological polar surface area (TPSA) is 91.8 Å². The summed E-state index contributed by atoms with van der Waals surface area (Å²) in [5.74, 6) is -1.01. The fourth-order valence-corrected chi connectivity index (χ4v) is 2.01. The lowest BCUT2D eigenvalue weighted by atomic mass is 9.97. The predicted octanol–water partition coefficient (Wildman–Crippen LogP) is 0.467. The van der Waals surface area contributed by atoms with Crippen molar-refractivity contribution in [3.63, 3.8) is 0 Å². The van der Waals surface area contributed by atoms with Gasteiger partial charge in [0, 0.05) is 6.20 Å². The van der Waals surface area contributed by atoms with Crippen LogP contribution >= 0.6 is 0 Å². The maximum Gasteiger partial charge on any atom is 0.329 e. The molecule has 1 aliphatic heterocycles. The number of nitrogens with zero attached hydrogens (tertiary/aromatic N) is 2. The molecule has 108 valence electrons. The van der Waals surface area contributed by atoms with Gasteiger partial charge in [0.1, 0.15) is 12.2 Å². The average molecular weight is 279 g/mol. The maximum atomic E-state index is 11.8. The minimum atomic E-state index is -1.01. The van der Waals surface area contributed by atoms with Crippen LogP contribution in [0.2, 0.25) is 0 Å². The Bertz CT molecular complexity index is 486. The van der Waals surface area contributed by atoms with Crippen LogP contribution in [0.4, 0.5) is 4.79 Å². The average Bonchev–Trinajstić information content (AvgIpc) is 2.40. The lowest BCUT2D eigenvalue weighted by molar-refractivity contribution is -0.159. The number of rotatable bonds is 5. The van der Waals surface area contributed by atoms with E-state index in [1.54, 1.807) is 18.0 Å². The third-order valence-corrected chi connectivity index (χ3v) is 3.03. The summed E-state index contributed by atoms with van der Waals surface area (Å²) in [5, 5.41) is 11.3. The van der Waals surface area contributed by atoms with E-state index in [0.717, 1.165) is 5.69 Å². The van der Waals surface area contributed by atoms with Crippen LogP contribution in [0.25, 0.3) is 0 Å². The molecular formula is C13H17N3O4. The molecule has 1 fully saturated rings. The molecule has 7 nitrogen and oxygen atoms in total. The molecule has 0 radical (unpaired) electrons. The van der Waals surface area contributed by atoms with Gasteiger partial charge in [-0.1, -0.05) is 6.07 Å². The van der Waals surface area contributed by atoms with E-state index in [-0.39, 0.29) is 12.6 Å². The van der Waals surface area contributed by atoms with Gasteiger partial charge in [0.25, 0.3) is 0 Å². The number of amides is 2. The van der Waals surface area contributed by atoms with E-state index in [2.05, 4.69) is 10.3 Å². The van der Waals surface area contributed by atoms with E-state index < -0.39 is 11.6 Å². The lowest BCUT2D eigenvalue weighted by Crippen LogP contribution is -2.65. The first-order valence-corrected chi connectivity index (χ1v) is 6.27. The van der Waals surface area contributed by atoms with Crippen LogP contribution < -0.4 is 5.32 Å². The van der Waals surface area contributed by atoms with Crippen molar-refractivity contribution in [2.75, 3.05) is 19.7 Å². The first-order valence-electron chi connectivity index (χ1n) is 6.27. The standard InChI is InChI=1S/C13H17N3O4/c1-13(20-7-11(17)18)8-16(9-13)12(19)15-6-10-4-2-3-5-14-10/h2-5H,6-9H2,1H3,(H,15,19)(H,17,18). The van der Waals surface area contributed by atoms with Gasteiger partial charge in [-0.05, 0) is 19.1 Å². The highest BCUT2D eigenvalue weighted by molar-refractivity contribution is 5.75. The smallest absolute Gasteiger partial charge is 0.329 e. The Hall–Kier alpha value is -2.15. The van der Waals surface area contributed by atoms with Crippen molar-refractivity contribution in [2.24, 2.45) is 0 Å². The lowest BCUT2D eigenvalue weighted by Gasteiger charge is -2.46. The van der Waals surface area contributed by atoms with Crippen molar-refractivity contribution < 1.29 is 19.4 Å². The van der Waals surface area contributed by atoms with Crippen molar-refractivity contribution in [2.45, 2.75) is 19.1 Å². The first-order chi connectivity index (χ1) is 9.48. The van der Waals surface area contributed by atoms with E-state index >= 15 is 0 Å². The van der Waals surface area contributed by atoms with E-state index in [4.69, 9.17) is 9.84 Å². The number of nitrogens with one attached hydrogen (secondary N) is 1. The fraction of sp³-hybridized carbons (Fsp3) is 0.462. The minimum absolute atomic E-state index is 0.202. The molecule has 1 aromatic rings. The fourth-order valence-electron chi connectivity index (χ4n) is 2.01. The van der Waals surface area contributed by atoms with E-state index in [1.807, 2.05) is 18.2 Å². The molecule has 0 atom stereocenters. The summed E-state index contributed by atoms with van der Waals surface area (Å²) in [6.07, 6.45) is 1.67. The third kappa shape index (κ3) is 3.67. The van der Waals surface area contributed by atoms with Crippen LogP contribution in [0.1, 0.15) is 12.6 Å². The molecule has 0 saturated carbocycles. The number of carboxylic acid groups (broad SMARTS) is 1. The number of likely N-dealkylation sites (tertiary alicyclic amines) is 1. The predicted molar refractivity (Wildman–Crippen MR) is 70.0 cm³/mol. The number of pyridine rings is 1. The van der Waals surface area contributed by atoms with Crippen LogP contribution in [-0.4, -0.2) is 52.3 Å². The number of aromatic nitrogens is 1. The summed E-state index contributed by atoms with van der Waals surface area (Å²) in [6.45, 7) is 2.57. The molecule has 1 aromatic heterocycles. The number of hydrogen-bond acceptors (Lipinski definition) is 4. The molecule has 0 aromatic carbocycles. The summed E-state index contributed by atoms with van der Waals surface area (Å²) in [4.78, 5) is 28.0. The molecule has 0 bridgehead atoms.